The van der Waals surface area contributed by atoms with Crippen molar-refractivity contribution in [2.75, 3.05) is 26.2 Å². The number of hydrogen-bond donors (Lipinski definition) is 0. The van der Waals surface area contributed by atoms with E-state index in [1.165, 1.54) is 64.7 Å². The Bertz CT molecular complexity index is 225. The summed E-state index contributed by atoms with van der Waals surface area (Å²) >= 11 is 0. The number of rotatable bonds is 7. The van der Waals surface area contributed by atoms with Crippen molar-refractivity contribution in [1.82, 2.24) is 9.80 Å². The average molecular weight is 252 g/mol. The van der Waals surface area contributed by atoms with Crippen molar-refractivity contribution in [3.63, 3.8) is 0 Å². The number of nitrogens with zero attached hydrogens (tertiary/aromatic N) is 2. The van der Waals surface area contributed by atoms with Crippen LogP contribution in [0.4, 0.5) is 0 Å². The normalized spacial score (nSPS) is 29.3. The Kier molecular flexibility index (Phi) is 5.50. The molecule has 2 rings (SSSR count). The highest BCUT2D eigenvalue weighted by molar-refractivity contribution is 4.95. The number of likely N-dealkylation sites (tertiary alicyclic amines) is 1. The fourth-order valence-corrected chi connectivity index (χ4v) is 3.77. The van der Waals surface area contributed by atoms with Crippen LogP contribution in [0.1, 0.15) is 59.3 Å². The molecule has 2 aliphatic rings. The van der Waals surface area contributed by atoms with Gasteiger partial charge in [0.05, 0.1) is 0 Å². The first-order valence-electron chi connectivity index (χ1n) is 8.18. The molecule has 106 valence electrons. The number of unbranched alkanes of at least 4 members (excludes halogenated alkanes) is 1. The van der Waals surface area contributed by atoms with Gasteiger partial charge in [-0.3, -0.25) is 4.90 Å². The molecular formula is C16H32N2. The molecule has 0 aromatic heterocycles. The molecule has 2 atom stereocenters. The van der Waals surface area contributed by atoms with E-state index in [1.807, 2.05) is 0 Å². The van der Waals surface area contributed by atoms with Crippen LogP contribution in [0.3, 0.4) is 0 Å². The van der Waals surface area contributed by atoms with Gasteiger partial charge in [0.25, 0.3) is 0 Å². The van der Waals surface area contributed by atoms with Crippen LogP contribution in [0.25, 0.3) is 0 Å². The largest absolute Gasteiger partial charge is 0.300 e. The van der Waals surface area contributed by atoms with Crippen molar-refractivity contribution < 1.29 is 0 Å². The molecular weight excluding hydrogens is 220 g/mol. The van der Waals surface area contributed by atoms with E-state index < -0.39 is 0 Å². The molecule has 0 aromatic carbocycles. The minimum absolute atomic E-state index is 0.877. The summed E-state index contributed by atoms with van der Waals surface area (Å²) in [6.07, 6.45) is 8.46. The SMILES string of the molecule is CCCN1[C@@H]2CC[C@H]1CN(CCCCC(C)C)C2. The van der Waals surface area contributed by atoms with Crippen molar-refractivity contribution in [2.45, 2.75) is 71.4 Å². The summed E-state index contributed by atoms with van der Waals surface area (Å²) in [6, 6.07) is 1.77. The van der Waals surface area contributed by atoms with Gasteiger partial charge in [0.1, 0.15) is 0 Å². The maximum absolute atomic E-state index is 2.80. The molecule has 0 amide bonds. The molecule has 2 heteroatoms. The number of piperazine rings is 1. The van der Waals surface area contributed by atoms with Crippen molar-refractivity contribution in [3.05, 3.63) is 0 Å². The molecule has 0 radical (unpaired) electrons. The molecule has 0 spiro atoms. The molecule has 2 saturated heterocycles. The quantitative estimate of drug-likeness (QED) is 0.641. The van der Waals surface area contributed by atoms with E-state index in [1.54, 1.807) is 0 Å². The summed E-state index contributed by atoms with van der Waals surface area (Å²) < 4.78 is 0. The first kappa shape index (κ1) is 14.3. The molecule has 2 aliphatic heterocycles. The highest BCUT2D eigenvalue weighted by Crippen LogP contribution is 2.30. The van der Waals surface area contributed by atoms with E-state index in [0.29, 0.717) is 0 Å². The third-order valence-corrected chi connectivity index (χ3v) is 4.70. The predicted octanol–water partition coefficient (Wildman–Crippen LogP) is 3.37. The van der Waals surface area contributed by atoms with Crippen LogP contribution in [0.2, 0.25) is 0 Å². The maximum atomic E-state index is 2.80. The Labute approximate surface area is 114 Å². The van der Waals surface area contributed by atoms with Gasteiger partial charge in [0, 0.05) is 25.2 Å². The van der Waals surface area contributed by atoms with Gasteiger partial charge in [-0.05, 0) is 44.7 Å². The fourth-order valence-electron chi connectivity index (χ4n) is 3.77. The summed E-state index contributed by atoms with van der Waals surface area (Å²) in [5.74, 6) is 0.877. The zero-order valence-electron chi connectivity index (χ0n) is 12.7. The standard InChI is InChI=1S/C16H32N2/c1-4-10-18-15-8-9-16(18)13-17(12-15)11-6-5-7-14(2)3/h14-16H,4-13H2,1-3H3/t15-,16+. The lowest BCUT2D eigenvalue weighted by Crippen LogP contribution is -2.53. The van der Waals surface area contributed by atoms with Gasteiger partial charge in [-0.2, -0.15) is 0 Å². The van der Waals surface area contributed by atoms with E-state index in [-0.39, 0.29) is 0 Å². The lowest BCUT2D eigenvalue weighted by Gasteiger charge is -2.41. The van der Waals surface area contributed by atoms with E-state index in [9.17, 15) is 0 Å². The van der Waals surface area contributed by atoms with Gasteiger partial charge in [-0.25, -0.2) is 0 Å². The Morgan fingerprint density at radius 1 is 1.00 bits per heavy atom. The van der Waals surface area contributed by atoms with Crippen molar-refractivity contribution in [2.24, 2.45) is 5.92 Å². The minimum atomic E-state index is 0.877. The lowest BCUT2D eigenvalue weighted by atomic mass is 10.1. The molecule has 2 nitrogen and oxygen atoms in total. The zero-order valence-corrected chi connectivity index (χ0v) is 12.7. The Morgan fingerprint density at radius 2 is 1.67 bits per heavy atom. The van der Waals surface area contributed by atoms with Gasteiger partial charge in [0.2, 0.25) is 0 Å². The maximum Gasteiger partial charge on any atom is 0.0227 e. The van der Waals surface area contributed by atoms with Crippen LogP contribution in [0, 0.1) is 5.92 Å². The van der Waals surface area contributed by atoms with Crippen LogP contribution >= 0.6 is 0 Å². The van der Waals surface area contributed by atoms with E-state index in [4.69, 9.17) is 0 Å². The predicted molar refractivity (Wildman–Crippen MR) is 78.9 cm³/mol. The Balaban J connectivity index is 1.68. The molecule has 0 N–H and O–H groups in total. The van der Waals surface area contributed by atoms with Crippen molar-refractivity contribution in [1.29, 1.82) is 0 Å². The second kappa shape index (κ2) is 6.91. The lowest BCUT2D eigenvalue weighted by molar-refractivity contribution is 0.0659. The van der Waals surface area contributed by atoms with E-state index >= 15 is 0 Å². The monoisotopic (exact) mass is 252 g/mol. The molecule has 0 aromatic rings. The number of fused-ring (bicyclic) bond motifs is 2. The summed E-state index contributed by atoms with van der Waals surface area (Å²) in [5.41, 5.74) is 0. The van der Waals surface area contributed by atoms with Gasteiger partial charge in [-0.15, -0.1) is 0 Å². The van der Waals surface area contributed by atoms with Gasteiger partial charge in [-0.1, -0.05) is 33.6 Å². The Morgan fingerprint density at radius 3 is 2.22 bits per heavy atom. The van der Waals surface area contributed by atoms with Crippen molar-refractivity contribution in [3.8, 4) is 0 Å². The fraction of sp³-hybridized carbons (Fsp3) is 1.00. The summed E-state index contributed by atoms with van der Waals surface area (Å²) in [4.78, 5) is 5.54. The van der Waals surface area contributed by atoms with E-state index in [0.717, 1.165) is 18.0 Å². The second-order valence-corrected chi connectivity index (χ2v) is 6.77. The molecule has 2 bridgehead atoms. The molecule has 0 saturated carbocycles. The highest BCUT2D eigenvalue weighted by atomic mass is 15.3. The van der Waals surface area contributed by atoms with Gasteiger partial charge < -0.3 is 4.90 Å². The van der Waals surface area contributed by atoms with Crippen LogP contribution in [-0.2, 0) is 0 Å². The Hall–Kier alpha value is -0.0800. The summed E-state index contributed by atoms with van der Waals surface area (Å²) in [6.45, 7) is 12.4. The van der Waals surface area contributed by atoms with Crippen LogP contribution < -0.4 is 0 Å². The molecule has 2 fully saturated rings. The first-order valence-corrected chi connectivity index (χ1v) is 8.18. The van der Waals surface area contributed by atoms with E-state index in [2.05, 4.69) is 30.6 Å². The van der Waals surface area contributed by atoms with Crippen molar-refractivity contribution >= 4 is 0 Å². The highest BCUT2D eigenvalue weighted by Gasteiger charge is 2.38. The van der Waals surface area contributed by atoms with Crippen LogP contribution in [0.15, 0.2) is 0 Å². The van der Waals surface area contributed by atoms with Crippen LogP contribution in [0.5, 0.6) is 0 Å². The topological polar surface area (TPSA) is 6.48 Å². The number of hydrogen-bond acceptors (Lipinski definition) is 2. The smallest absolute Gasteiger partial charge is 0.0227 e. The zero-order chi connectivity index (χ0) is 13.0. The van der Waals surface area contributed by atoms with Crippen LogP contribution in [-0.4, -0.2) is 48.1 Å². The van der Waals surface area contributed by atoms with Gasteiger partial charge >= 0.3 is 0 Å². The molecule has 0 unspecified atom stereocenters. The van der Waals surface area contributed by atoms with Gasteiger partial charge in [0.15, 0.2) is 0 Å². The minimum Gasteiger partial charge on any atom is -0.300 e. The molecule has 2 heterocycles. The first-order chi connectivity index (χ1) is 8.70. The molecule has 0 aliphatic carbocycles. The third kappa shape index (κ3) is 3.71. The second-order valence-electron chi connectivity index (χ2n) is 6.77. The third-order valence-electron chi connectivity index (χ3n) is 4.70. The average Bonchev–Trinajstić information content (AvgIpc) is 2.59. The summed E-state index contributed by atoms with van der Waals surface area (Å²) in [5, 5.41) is 0. The summed E-state index contributed by atoms with van der Waals surface area (Å²) in [7, 11) is 0. The molecule has 18 heavy (non-hydrogen) atoms.